The van der Waals surface area contributed by atoms with Crippen LogP contribution >= 0.6 is 38.6 Å². The third-order valence-corrected chi connectivity index (χ3v) is 5.58. The smallest absolute Gasteiger partial charge is 0.115 e. The van der Waals surface area contributed by atoms with Crippen molar-refractivity contribution >= 4 is 38.6 Å². The number of hydrogen-bond donors (Lipinski definition) is 1. The highest BCUT2D eigenvalue weighted by molar-refractivity contribution is 9.10. The number of nitrogens with one attached hydrogen (secondary N) is 1. The zero-order valence-corrected chi connectivity index (χ0v) is 14.2. The Morgan fingerprint density at radius 1 is 1.33 bits per heavy atom. The van der Waals surface area contributed by atoms with Crippen molar-refractivity contribution in [1.82, 2.24) is 10.3 Å². The Bertz CT molecular complexity index is 525. The Balaban J connectivity index is 2.35. The summed E-state index contributed by atoms with van der Waals surface area (Å²) in [7, 11) is 1.98. The second-order valence-electron chi connectivity index (χ2n) is 5.18. The van der Waals surface area contributed by atoms with Gasteiger partial charge in [-0.05, 0) is 34.4 Å². The van der Waals surface area contributed by atoms with E-state index in [1.54, 1.807) is 22.7 Å². The summed E-state index contributed by atoms with van der Waals surface area (Å²) >= 11 is 7.08. The number of hydrogen-bond acceptors (Lipinski definition) is 4. The second kappa shape index (κ2) is 5.41. The predicted octanol–water partition coefficient (Wildman–Crippen LogP) is 4.57. The van der Waals surface area contributed by atoms with Crippen molar-refractivity contribution in [1.29, 1.82) is 0 Å². The lowest BCUT2D eigenvalue weighted by molar-refractivity contribution is 0.566. The van der Waals surface area contributed by atoms with E-state index in [-0.39, 0.29) is 11.5 Å². The highest BCUT2D eigenvalue weighted by atomic mass is 79.9. The first kappa shape index (κ1) is 14.2. The summed E-state index contributed by atoms with van der Waals surface area (Å²) in [5, 5.41) is 8.75. The molecule has 0 fully saturated rings. The van der Waals surface area contributed by atoms with Crippen molar-refractivity contribution in [2.45, 2.75) is 32.2 Å². The summed E-state index contributed by atoms with van der Waals surface area (Å²) in [6.07, 6.45) is 0. The highest BCUT2D eigenvalue weighted by Crippen LogP contribution is 2.35. The molecule has 0 bridgehead atoms. The molecule has 2 nitrogen and oxygen atoms in total. The zero-order chi connectivity index (χ0) is 13.3. The van der Waals surface area contributed by atoms with Crippen LogP contribution < -0.4 is 5.32 Å². The molecule has 2 heterocycles. The van der Waals surface area contributed by atoms with Crippen molar-refractivity contribution in [2.75, 3.05) is 7.05 Å². The summed E-state index contributed by atoms with van der Waals surface area (Å²) in [5.74, 6) is 0. The maximum absolute atomic E-state index is 4.79. The van der Waals surface area contributed by atoms with Crippen LogP contribution in [0.5, 0.6) is 0 Å². The number of thiophene rings is 1. The lowest BCUT2D eigenvalue weighted by Crippen LogP contribution is -2.18. The van der Waals surface area contributed by atoms with Gasteiger partial charge >= 0.3 is 0 Å². The zero-order valence-electron chi connectivity index (χ0n) is 11.0. The number of halogens is 1. The van der Waals surface area contributed by atoms with E-state index in [4.69, 9.17) is 4.98 Å². The molecule has 2 rings (SSSR count). The Morgan fingerprint density at radius 2 is 2.06 bits per heavy atom. The third-order valence-electron chi connectivity index (χ3n) is 2.73. The Kier molecular flexibility index (Phi) is 4.26. The Hall–Kier alpha value is -0.230. The van der Waals surface area contributed by atoms with E-state index in [0.29, 0.717) is 0 Å². The first-order chi connectivity index (χ1) is 8.43. The standard InChI is InChI=1S/C13H17BrN2S2/c1-13(2,3)9-7-18-12(16-9)10(15-4)11-8(14)5-6-17-11/h5-7,10,15H,1-4H3. The largest absolute Gasteiger partial charge is 0.307 e. The first-order valence-electron chi connectivity index (χ1n) is 5.79. The lowest BCUT2D eigenvalue weighted by atomic mass is 9.93. The van der Waals surface area contributed by atoms with Crippen LogP contribution in [-0.2, 0) is 5.41 Å². The van der Waals surface area contributed by atoms with Gasteiger partial charge in [-0.3, -0.25) is 0 Å². The molecule has 1 atom stereocenters. The molecule has 0 saturated heterocycles. The summed E-state index contributed by atoms with van der Waals surface area (Å²) < 4.78 is 1.15. The fourth-order valence-corrected chi connectivity index (χ4v) is 4.59. The van der Waals surface area contributed by atoms with Crippen LogP contribution in [0.25, 0.3) is 0 Å². The molecule has 0 saturated carbocycles. The normalized spacial score (nSPS) is 13.8. The van der Waals surface area contributed by atoms with Crippen LogP contribution in [0.3, 0.4) is 0 Å². The van der Waals surface area contributed by atoms with E-state index in [1.807, 2.05) is 7.05 Å². The minimum Gasteiger partial charge on any atom is -0.307 e. The highest BCUT2D eigenvalue weighted by Gasteiger charge is 2.23. The van der Waals surface area contributed by atoms with Gasteiger partial charge in [-0.1, -0.05) is 20.8 Å². The van der Waals surface area contributed by atoms with Gasteiger partial charge in [-0.25, -0.2) is 4.98 Å². The average molecular weight is 345 g/mol. The number of thiazole rings is 1. The molecule has 18 heavy (non-hydrogen) atoms. The average Bonchev–Trinajstić information content (AvgIpc) is 2.89. The topological polar surface area (TPSA) is 24.9 Å². The molecule has 0 amide bonds. The number of aromatic nitrogens is 1. The predicted molar refractivity (Wildman–Crippen MR) is 83.7 cm³/mol. The van der Waals surface area contributed by atoms with Gasteiger partial charge in [0.2, 0.25) is 0 Å². The van der Waals surface area contributed by atoms with Gasteiger partial charge in [0.1, 0.15) is 5.01 Å². The molecular formula is C13H17BrN2S2. The van der Waals surface area contributed by atoms with E-state index in [0.717, 1.165) is 15.2 Å². The molecule has 0 aliphatic rings. The molecule has 5 heteroatoms. The Morgan fingerprint density at radius 3 is 2.50 bits per heavy atom. The molecule has 1 unspecified atom stereocenters. The van der Waals surface area contributed by atoms with Gasteiger partial charge in [0.25, 0.3) is 0 Å². The third kappa shape index (κ3) is 2.85. The molecule has 2 aromatic heterocycles. The molecule has 1 N–H and O–H groups in total. The molecule has 2 aromatic rings. The van der Waals surface area contributed by atoms with E-state index in [9.17, 15) is 0 Å². The van der Waals surface area contributed by atoms with Crippen LogP contribution in [0.2, 0.25) is 0 Å². The molecule has 0 aliphatic carbocycles. The fraction of sp³-hybridized carbons (Fsp3) is 0.462. The monoisotopic (exact) mass is 344 g/mol. The maximum Gasteiger partial charge on any atom is 0.115 e. The van der Waals surface area contributed by atoms with Crippen molar-refractivity contribution in [3.8, 4) is 0 Å². The summed E-state index contributed by atoms with van der Waals surface area (Å²) in [6.45, 7) is 6.59. The van der Waals surface area contributed by atoms with Crippen LogP contribution in [-0.4, -0.2) is 12.0 Å². The van der Waals surface area contributed by atoms with Gasteiger partial charge in [-0.2, -0.15) is 0 Å². The second-order valence-corrected chi connectivity index (χ2v) is 7.87. The van der Waals surface area contributed by atoms with Crippen molar-refractivity contribution in [3.63, 3.8) is 0 Å². The molecule has 0 aliphatic heterocycles. The van der Waals surface area contributed by atoms with Crippen LogP contribution in [0.4, 0.5) is 0 Å². The Labute approximate surface area is 125 Å². The van der Waals surface area contributed by atoms with E-state index < -0.39 is 0 Å². The SMILES string of the molecule is CNC(c1nc(C(C)(C)C)cs1)c1sccc1Br. The van der Waals surface area contributed by atoms with E-state index in [1.165, 1.54) is 4.88 Å². The fourth-order valence-electron chi connectivity index (χ4n) is 1.64. The minimum atomic E-state index is 0.111. The lowest BCUT2D eigenvalue weighted by Gasteiger charge is -2.16. The minimum absolute atomic E-state index is 0.111. The van der Waals surface area contributed by atoms with Crippen LogP contribution in [0.15, 0.2) is 21.3 Å². The van der Waals surface area contributed by atoms with Gasteiger partial charge in [0.15, 0.2) is 0 Å². The number of rotatable bonds is 3. The van der Waals surface area contributed by atoms with Crippen LogP contribution in [0, 0.1) is 0 Å². The molecule has 0 radical (unpaired) electrons. The summed E-state index contributed by atoms with van der Waals surface area (Å²) in [5.41, 5.74) is 1.27. The van der Waals surface area contributed by atoms with Gasteiger partial charge < -0.3 is 5.32 Å². The summed E-state index contributed by atoms with van der Waals surface area (Å²) in [6, 6.07) is 2.27. The maximum atomic E-state index is 4.79. The molecule has 98 valence electrons. The van der Waals surface area contributed by atoms with Crippen molar-refractivity contribution in [2.24, 2.45) is 0 Å². The number of nitrogens with zero attached hydrogens (tertiary/aromatic N) is 1. The van der Waals surface area contributed by atoms with E-state index >= 15 is 0 Å². The molecule has 0 aromatic carbocycles. The van der Waals surface area contributed by atoms with Crippen molar-refractivity contribution < 1.29 is 0 Å². The summed E-state index contributed by atoms with van der Waals surface area (Å²) in [4.78, 5) is 6.08. The quantitative estimate of drug-likeness (QED) is 0.881. The molecular weight excluding hydrogens is 328 g/mol. The first-order valence-corrected chi connectivity index (χ1v) is 8.34. The van der Waals surface area contributed by atoms with Gasteiger partial charge in [-0.15, -0.1) is 22.7 Å². The van der Waals surface area contributed by atoms with Crippen molar-refractivity contribution in [3.05, 3.63) is 36.9 Å². The van der Waals surface area contributed by atoms with E-state index in [2.05, 4.69) is 58.8 Å². The van der Waals surface area contributed by atoms with Gasteiger partial charge in [0, 0.05) is 20.1 Å². The molecule has 0 spiro atoms. The van der Waals surface area contributed by atoms with Crippen LogP contribution in [0.1, 0.15) is 42.4 Å². The van der Waals surface area contributed by atoms with Gasteiger partial charge in [0.05, 0.1) is 11.7 Å².